The third-order valence-electron chi connectivity index (χ3n) is 5.63. The normalized spacial score (nSPS) is 19.7. The molecule has 6 nitrogen and oxygen atoms in total. The molecule has 2 aliphatic rings. The maximum atomic E-state index is 4.81. The fourth-order valence-electron chi connectivity index (χ4n) is 3.89. The van der Waals surface area contributed by atoms with Gasteiger partial charge in [0, 0.05) is 39.3 Å². The molecule has 2 fully saturated rings. The van der Waals surface area contributed by atoms with Gasteiger partial charge < -0.3 is 14.7 Å². The molecule has 0 amide bonds. The molecule has 138 valence electrons. The monoisotopic (exact) mass is 352 g/mol. The Kier molecular flexibility index (Phi) is 5.29. The second-order valence-corrected chi connectivity index (χ2v) is 7.53. The summed E-state index contributed by atoms with van der Waals surface area (Å²) >= 11 is 0. The number of hydrogen-bond donors (Lipinski definition) is 0. The zero-order valence-electron chi connectivity index (χ0n) is 15.6. The van der Waals surface area contributed by atoms with Gasteiger partial charge in [-0.2, -0.15) is 10.1 Å². The van der Waals surface area contributed by atoms with Gasteiger partial charge in [-0.15, -0.1) is 5.10 Å². The highest BCUT2D eigenvalue weighted by atomic mass is 15.4. The van der Waals surface area contributed by atoms with Crippen molar-refractivity contribution in [2.24, 2.45) is 5.92 Å². The summed E-state index contributed by atoms with van der Waals surface area (Å²) in [7, 11) is 2.16. The van der Waals surface area contributed by atoms with Gasteiger partial charge in [-0.3, -0.25) is 0 Å². The predicted octanol–water partition coefficient (Wildman–Crippen LogP) is 2.08. The first kappa shape index (κ1) is 17.2. The van der Waals surface area contributed by atoms with Crippen LogP contribution in [-0.2, 0) is 6.42 Å². The van der Waals surface area contributed by atoms with Crippen molar-refractivity contribution >= 4 is 11.8 Å². The molecular formula is C20H28N6. The minimum absolute atomic E-state index is 0.764. The van der Waals surface area contributed by atoms with Gasteiger partial charge in [-0.25, -0.2) is 0 Å². The molecule has 0 aliphatic carbocycles. The van der Waals surface area contributed by atoms with E-state index < -0.39 is 0 Å². The van der Waals surface area contributed by atoms with Gasteiger partial charge in [0.25, 0.3) is 0 Å². The molecule has 0 bridgehead atoms. The molecule has 1 aromatic carbocycles. The highest BCUT2D eigenvalue weighted by Gasteiger charge is 2.22. The summed E-state index contributed by atoms with van der Waals surface area (Å²) in [6, 6.07) is 10.8. The Balaban J connectivity index is 1.35. The molecule has 0 saturated carbocycles. The lowest BCUT2D eigenvalue weighted by molar-refractivity contribution is 0.310. The fourth-order valence-corrected chi connectivity index (χ4v) is 3.89. The molecule has 0 radical (unpaired) electrons. The summed E-state index contributed by atoms with van der Waals surface area (Å²) in [6.07, 6.45) is 5.42. The number of aromatic nitrogens is 3. The predicted molar refractivity (Wildman–Crippen MR) is 105 cm³/mol. The summed E-state index contributed by atoms with van der Waals surface area (Å²) in [5, 5.41) is 8.50. The van der Waals surface area contributed by atoms with Crippen molar-refractivity contribution < 1.29 is 0 Å². The van der Waals surface area contributed by atoms with E-state index in [1.165, 1.54) is 24.8 Å². The zero-order chi connectivity index (χ0) is 17.8. The lowest BCUT2D eigenvalue weighted by Crippen LogP contribution is -2.45. The fraction of sp³-hybridized carbons (Fsp3) is 0.550. The van der Waals surface area contributed by atoms with Gasteiger partial charge in [-0.05, 0) is 37.8 Å². The standard InChI is InChI=1S/C20H28N6/c1-24-11-13-26(14-12-24)20-22-19(16-21-23-20)25-9-7-18(8-10-25)15-17-5-3-2-4-6-17/h2-6,16,18H,7-15H2,1H3. The van der Waals surface area contributed by atoms with Crippen LogP contribution in [0.15, 0.2) is 36.5 Å². The summed E-state index contributed by atoms with van der Waals surface area (Å²) in [5.74, 6) is 2.52. The molecule has 4 rings (SSSR count). The van der Waals surface area contributed by atoms with Crippen LogP contribution in [0.25, 0.3) is 0 Å². The van der Waals surface area contributed by atoms with Gasteiger partial charge in [0.2, 0.25) is 5.95 Å². The Morgan fingerprint density at radius 2 is 1.65 bits per heavy atom. The van der Waals surface area contributed by atoms with E-state index in [0.29, 0.717) is 0 Å². The van der Waals surface area contributed by atoms with Crippen molar-refractivity contribution in [2.45, 2.75) is 19.3 Å². The minimum Gasteiger partial charge on any atom is -0.355 e. The third-order valence-corrected chi connectivity index (χ3v) is 5.63. The van der Waals surface area contributed by atoms with Crippen LogP contribution in [0.2, 0.25) is 0 Å². The van der Waals surface area contributed by atoms with E-state index in [4.69, 9.17) is 4.98 Å². The van der Waals surface area contributed by atoms with Crippen LogP contribution in [0.1, 0.15) is 18.4 Å². The molecule has 0 atom stereocenters. The van der Waals surface area contributed by atoms with Gasteiger partial charge >= 0.3 is 0 Å². The van der Waals surface area contributed by atoms with Crippen molar-refractivity contribution in [3.05, 3.63) is 42.1 Å². The number of nitrogens with zero attached hydrogens (tertiary/aromatic N) is 6. The number of benzene rings is 1. The smallest absolute Gasteiger partial charge is 0.247 e. The molecule has 26 heavy (non-hydrogen) atoms. The van der Waals surface area contributed by atoms with Crippen molar-refractivity contribution in [1.29, 1.82) is 0 Å². The Morgan fingerprint density at radius 3 is 2.38 bits per heavy atom. The molecule has 6 heteroatoms. The largest absolute Gasteiger partial charge is 0.355 e. The third kappa shape index (κ3) is 4.12. The highest BCUT2D eigenvalue weighted by Crippen LogP contribution is 2.25. The maximum Gasteiger partial charge on any atom is 0.247 e. The Morgan fingerprint density at radius 1 is 0.923 bits per heavy atom. The zero-order valence-corrected chi connectivity index (χ0v) is 15.6. The van der Waals surface area contributed by atoms with Gasteiger partial charge in [0.05, 0.1) is 6.20 Å². The molecular weight excluding hydrogens is 324 g/mol. The topological polar surface area (TPSA) is 48.4 Å². The second kappa shape index (κ2) is 7.99. The summed E-state index contributed by atoms with van der Waals surface area (Å²) in [4.78, 5) is 11.8. The number of anilines is 2. The molecule has 2 aromatic rings. The van der Waals surface area contributed by atoms with Crippen molar-refractivity contribution in [3.8, 4) is 0 Å². The first-order valence-electron chi connectivity index (χ1n) is 9.70. The van der Waals surface area contributed by atoms with E-state index in [1.54, 1.807) is 0 Å². The molecule has 2 aliphatic heterocycles. The van der Waals surface area contributed by atoms with E-state index >= 15 is 0 Å². The van der Waals surface area contributed by atoms with Crippen molar-refractivity contribution in [1.82, 2.24) is 20.1 Å². The van der Waals surface area contributed by atoms with E-state index in [1.807, 2.05) is 6.20 Å². The molecule has 0 N–H and O–H groups in total. The van der Waals surface area contributed by atoms with Gasteiger partial charge in [-0.1, -0.05) is 30.3 Å². The van der Waals surface area contributed by atoms with E-state index in [2.05, 4.69) is 62.3 Å². The van der Waals surface area contributed by atoms with Crippen LogP contribution in [0.4, 0.5) is 11.8 Å². The first-order valence-corrected chi connectivity index (χ1v) is 9.70. The van der Waals surface area contributed by atoms with Gasteiger partial charge in [0.1, 0.15) is 0 Å². The number of hydrogen-bond acceptors (Lipinski definition) is 6. The van der Waals surface area contributed by atoms with E-state index in [0.717, 1.165) is 57.0 Å². The average Bonchev–Trinajstić information content (AvgIpc) is 2.70. The van der Waals surface area contributed by atoms with E-state index in [-0.39, 0.29) is 0 Å². The molecule has 0 unspecified atom stereocenters. The summed E-state index contributed by atoms with van der Waals surface area (Å²) < 4.78 is 0. The van der Waals surface area contributed by atoms with Crippen LogP contribution in [0, 0.1) is 5.92 Å². The van der Waals surface area contributed by atoms with Crippen LogP contribution in [-0.4, -0.2) is 66.4 Å². The summed E-state index contributed by atoms with van der Waals surface area (Å²) in [6.45, 7) is 6.16. The first-order chi connectivity index (χ1) is 12.8. The number of likely N-dealkylation sites (N-methyl/N-ethyl adjacent to an activating group) is 1. The van der Waals surface area contributed by atoms with Crippen molar-refractivity contribution in [3.63, 3.8) is 0 Å². The van der Waals surface area contributed by atoms with Gasteiger partial charge in [0.15, 0.2) is 5.82 Å². The highest BCUT2D eigenvalue weighted by molar-refractivity contribution is 5.42. The van der Waals surface area contributed by atoms with Crippen LogP contribution in [0.3, 0.4) is 0 Å². The average molecular weight is 352 g/mol. The molecule has 3 heterocycles. The number of piperidine rings is 1. The second-order valence-electron chi connectivity index (χ2n) is 7.53. The summed E-state index contributed by atoms with van der Waals surface area (Å²) in [5.41, 5.74) is 1.45. The molecule has 1 aromatic heterocycles. The number of piperazine rings is 1. The lowest BCUT2D eigenvalue weighted by Gasteiger charge is -2.34. The maximum absolute atomic E-state index is 4.81. The Labute approximate surface area is 155 Å². The minimum atomic E-state index is 0.764. The Bertz CT molecular complexity index is 690. The van der Waals surface area contributed by atoms with E-state index in [9.17, 15) is 0 Å². The van der Waals surface area contributed by atoms with Crippen molar-refractivity contribution in [2.75, 3.05) is 56.1 Å². The number of rotatable bonds is 4. The van der Waals surface area contributed by atoms with Crippen LogP contribution in [0.5, 0.6) is 0 Å². The lowest BCUT2D eigenvalue weighted by atomic mass is 9.90. The van der Waals surface area contributed by atoms with Crippen LogP contribution < -0.4 is 9.80 Å². The van der Waals surface area contributed by atoms with Crippen LogP contribution >= 0.6 is 0 Å². The SMILES string of the molecule is CN1CCN(c2nncc(N3CCC(Cc4ccccc4)CC3)n2)CC1. The quantitative estimate of drug-likeness (QED) is 0.840. The molecule has 0 spiro atoms. The molecule has 2 saturated heterocycles. The Hall–Kier alpha value is -2.21.